The van der Waals surface area contributed by atoms with Crippen LogP contribution in [0.1, 0.15) is 28.8 Å². The Balaban J connectivity index is 2.13. The fraction of sp³-hybridized carbons (Fsp3) is 0.400. The minimum atomic E-state index is -1.54. The number of benzene rings is 1. The Labute approximate surface area is 112 Å². The second-order valence-electron chi connectivity index (χ2n) is 5.23. The van der Waals surface area contributed by atoms with E-state index in [2.05, 4.69) is 11.8 Å². The molecule has 0 aromatic heterocycles. The fourth-order valence-electron chi connectivity index (χ4n) is 2.37. The van der Waals surface area contributed by atoms with Crippen LogP contribution in [0.15, 0.2) is 24.3 Å². The molecule has 98 valence electrons. The lowest BCUT2D eigenvalue weighted by Gasteiger charge is -2.34. The molecule has 1 amide bonds. The van der Waals surface area contributed by atoms with E-state index in [1.54, 1.807) is 37.3 Å². The molecule has 3 rings (SSSR count). The van der Waals surface area contributed by atoms with Crippen LogP contribution in [0.25, 0.3) is 0 Å². The van der Waals surface area contributed by atoms with Crippen LogP contribution >= 0.6 is 0 Å². The first-order chi connectivity index (χ1) is 9.04. The van der Waals surface area contributed by atoms with E-state index < -0.39 is 5.72 Å². The van der Waals surface area contributed by atoms with Crippen molar-refractivity contribution in [2.24, 2.45) is 5.92 Å². The van der Waals surface area contributed by atoms with Crippen molar-refractivity contribution in [1.82, 2.24) is 10.0 Å². The second kappa shape index (κ2) is 4.09. The highest BCUT2D eigenvalue weighted by Crippen LogP contribution is 2.38. The standard InChI is InChI=1S/C15H16N2O2/c1-16(2)17-14(18)12-5-3-4-6-13(12)15(17,19)10-9-11-7-8-11/h3-6,11,19H,7-8H2,1-2H3. The first-order valence-electron chi connectivity index (χ1n) is 6.40. The van der Waals surface area contributed by atoms with Crippen molar-refractivity contribution in [1.29, 1.82) is 0 Å². The Bertz CT molecular complexity index is 596. The van der Waals surface area contributed by atoms with Gasteiger partial charge in [-0.2, -0.15) is 0 Å². The van der Waals surface area contributed by atoms with Gasteiger partial charge < -0.3 is 5.11 Å². The van der Waals surface area contributed by atoms with Crippen molar-refractivity contribution >= 4 is 5.91 Å². The monoisotopic (exact) mass is 256 g/mol. The van der Waals surface area contributed by atoms with Crippen molar-refractivity contribution < 1.29 is 9.90 Å². The molecule has 1 aliphatic heterocycles. The summed E-state index contributed by atoms with van der Waals surface area (Å²) in [5.41, 5.74) is -0.453. The predicted molar refractivity (Wildman–Crippen MR) is 70.7 cm³/mol. The van der Waals surface area contributed by atoms with Crippen LogP contribution in [-0.4, -0.2) is 35.1 Å². The molecule has 1 N–H and O–H groups in total. The molecule has 1 aliphatic carbocycles. The lowest BCUT2D eigenvalue weighted by atomic mass is 10.0. The van der Waals surface area contributed by atoms with Gasteiger partial charge in [0.25, 0.3) is 5.91 Å². The van der Waals surface area contributed by atoms with Gasteiger partial charge in [0, 0.05) is 25.6 Å². The molecule has 0 radical (unpaired) electrons. The SMILES string of the molecule is CN(C)N1C(=O)c2ccccc2C1(O)C#CC1CC1. The van der Waals surface area contributed by atoms with Gasteiger partial charge in [-0.05, 0) is 24.8 Å². The highest BCUT2D eigenvalue weighted by Gasteiger charge is 2.49. The first-order valence-corrected chi connectivity index (χ1v) is 6.40. The van der Waals surface area contributed by atoms with E-state index in [0.717, 1.165) is 12.8 Å². The predicted octanol–water partition coefficient (Wildman–Crippen LogP) is 1.18. The maximum Gasteiger partial charge on any atom is 0.272 e. The molecule has 0 bridgehead atoms. The topological polar surface area (TPSA) is 43.8 Å². The van der Waals surface area contributed by atoms with Gasteiger partial charge in [0.1, 0.15) is 0 Å². The Kier molecular flexibility index (Phi) is 2.63. The molecule has 0 saturated heterocycles. The lowest BCUT2D eigenvalue weighted by molar-refractivity contribution is -0.125. The molecule has 1 atom stereocenters. The maximum atomic E-state index is 12.4. The van der Waals surface area contributed by atoms with E-state index in [1.165, 1.54) is 5.01 Å². The van der Waals surface area contributed by atoms with Crippen LogP contribution in [0.4, 0.5) is 0 Å². The number of amides is 1. The summed E-state index contributed by atoms with van der Waals surface area (Å²) in [5.74, 6) is 6.13. The molecule has 1 fully saturated rings. The molecule has 19 heavy (non-hydrogen) atoms. The number of nitrogens with zero attached hydrogens (tertiary/aromatic N) is 2. The van der Waals surface area contributed by atoms with Crippen LogP contribution in [-0.2, 0) is 5.72 Å². The number of hydrazine groups is 1. The summed E-state index contributed by atoms with van der Waals surface area (Å²) in [6.45, 7) is 0. The van der Waals surface area contributed by atoms with Crippen molar-refractivity contribution in [2.45, 2.75) is 18.6 Å². The number of carbonyl (C=O) groups excluding carboxylic acids is 1. The Morgan fingerprint density at radius 2 is 2.05 bits per heavy atom. The molecule has 1 aromatic carbocycles. The fourth-order valence-corrected chi connectivity index (χ4v) is 2.37. The molecule has 0 spiro atoms. The molecular weight excluding hydrogens is 240 g/mol. The zero-order valence-corrected chi connectivity index (χ0v) is 11.1. The van der Waals surface area contributed by atoms with Crippen LogP contribution in [0.5, 0.6) is 0 Å². The minimum absolute atomic E-state index is 0.215. The summed E-state index contributed by atoms with van der Waals surface area (Å²) in [6, 6.07) is 7.10. The number of hydrogen-bond donors (Lipinski definition) is 1. The quantitative estimate of drug-likeness (QED) is 0.767. The van der Waals surface area contributed by atoms with Crippen LogP contribution in [0.2, 0.25) is 0 Å². The summed E-state index contributed by atoms with van der Waals surface area (Å²) in [7, 11) is 3.46. The van der Waals surface area contributed by atoms with Gasteiger partial charge in [-0.15, -0.1) is 0 Å². The van der Waals surface area contributed by atoms with E-state index in [1.807, 2.05) is 6.07 Å². The summed E-state index contributed by atoms with van der Waals surface area (Å²) < 4.78 is 0. The van der Waals surface area contributed by atoms with Gasteiger partial charge >= 0.3 is 0 Å². The third kappa shape index (κ3) is 1.83. The molecule has 1 heterocycles. The van der Waals surface area contributed by atoms with E-state index in [4.69, 9.17) is 0 Å². The third-order valence-electron chi connectivity index (χ3n) is 3.46. The van der Waals surface area contributed by atoms with Crippen molar-refractivity contribution in [2.75, 3.05) is 14.1 Å². The average molecular weight is 256 g/mol. The Hall–Kier alpha value is -1.83. The van der Waals surface area contributed by atoms with Gasteiger partial charge in [0.15, 0.2) is 0 Å². The number of fused-ring (bicyclic) bond motifs is 1. The third-order valence-corrected chi connectivity index (χ3v) is 3.46. The molecule has 4 nitrogen and oxygen atoms in total. The van der Waals surface area contributed by atoms with Crippen molar-refractivity contribution in [3.63, 3.8) is 0 Å². The average Bonchev–Trinajstić information content (AvgIpc) is 3.17. The van der Waals surface area contributed by atoms with Crippen LogP contribution in [0.3, 0.4) is 0 Å². The highest BCUT2D eigenvalue weighted by molar-refractivity contribution is 6.00. The van der Waals surface area contributed by atoms with Gasteiger partial charge in [-0.1, -0.05) is 24.1 Å². The molecule has 1 saturated carbocycles. The Morgan fingerprint density at radius 3 is 2.68 bits per heavy atom. The first kappa shape index (κ1) is 12.2. The molecule has 4 heteroatoms. The van der Waals surface area contributed by atoms with Crippen LogP contribution < -0.4 is 0 Å². The summed E-state index contributed by atoms with van der Waals surface area (Å²) in [5, 5.41) is 13.8. The van der Waals surface area contributed by atoms with Gasteiger partial charge in [-0.3, -0.25) is 4.79 Å². The minimum Gasteiger partial charge on any atom is -0.356 e. The second-order valence-corrected chi connectivity index (χ2v) is 5.23. The smallest absolute Gasteiger partial charge is 0.272 e. The zero-order valence-electron chi connectivity index (χ0n) is 11.1. The van der Waals surface area contributed by atoms with Crippen molar-refractivity contribution in [3.05, 3.63) is 35.4 Å². The van der Waals surface area contributed by atoms with Crippen molar-refractivity contribution in [3.8, 4) is 11.8 Å². The number of aliphatic hydroxyl groups is 1. The number of rotatable bonds is 1. The normalized spacial score (nSPS) is 25.3. The molecule has 1 aromatic rings. The molecule has 1 unspecified atom stereocenters. The number of carbonyl (C=O) groups is 1. The van der Waals surface area contributed by atoms with E-state index >= 15 is 0 Å². The summed E-state index contributed by atoms with van der Waals surface area (Å²) in [6.07, 6.45) is 2.17. The van der Waals surface area contributed by atoms with E-state index in [-0.39, 0.29) is 5.91 Å². The maximum absolute atomic E-state index is 12.4. The summed E-state index contributed by atoms with van der Waals surface area (Å²) >= 11 is 0. The zero-order chi connectivity index (χ0) is 13.6. The van der Waals surface area contributed by atoms with Crippen LogP contribution in [0, 0.1) is 17.8 Å². The van der Waals surface area contributed by atoms with Gasteiger partial charge in [0.2, 0.25) is 5.72 Å². The largest absolute Gasteiger partial charge is 0.356 e. The number of hydrogen-bond acceptors (Lipinski definition) is 3. The Morgan fingerprint density at radius 1 is 1.37 bits per heavy atom. The van der Waals surface area contributed by atoms with Gasteiger partial charge in [-0.25, -0.2) is 10.0 Å². The van der Waals surface area contributed by atoms with E-state index in [9.17, 15) is 9.90 Å². The van der Waals surface area contributed by atoms with E-state index in [0.29, 0.717) is 17.0 Å². The summed E-state index contributed by atoms with van der Waals surface area (Å²) in [4.78, 5) is 12.4. The molecule has 2 aliphatic rings. The highest BCUT2D eigenvalue weighted by atomic mass is 16.3. The molecular formula is C15H16N2O2. The van der Waals surface area contributed by atoms with Gasteiger partial charge in [0.05, 0.1) is 5.56 Å². The lowest BCUT2D eigenvalue weighted by Crippen LogP contribution is -2.50.